The Kier molecular flexibility index (Phi) is 6.44. The Morgan fingerprint density at radius 3 is 2.57 bits per heavy atom. The highest BCUT2D eigenvalue weighted by molar-refractivity contribution is 6.06. The average molecular weight is 287 g/mol. The molecule has 0 aromatic heterocycles. The van der Waals surface area contributed by atoms with Gasteiger partial charge >= 0.3 is 0 Å². The van der Waals surface area contributed by atoms with Crippen molar-refractivity contribution in [2.24, 2.45) is 5.73 Å². The molecule has 7 heteroatoms. The fourth-order valence-corrected chi connectivity index (χ4v) is 1.49. The minimum Gasteiger partial charge on any atom is -0.399 e. The van der Waals surface area contributed by atoms with Crippen LogP contribution >= 0.6 is 0 Å². The van der Waals surface area contributed by atoms with Crippen LogP contribution in [0.25, 0.3) is 0 Å². The second kappa shape index (κ2) is 8.35. The zero-order chi connectivity index (χ0) is 15.7. The largest absolute Gasteiger partial charge is 0.399 e. The number of hydrogen-bond donors (Lipinski definition) is 3. The molecular weight excluding hydrogens is 270 g/mol. The lowest BCUT2D eigenvalue weighted by Gasteiger charge is -2.12. The van der Waals surface area contributed by atoms with Crippen LogP contribution in [0, 0.1) is 11.3 Å². The lowest BCUT2D eigenvalue weighted by molar-refractivity contribution is -0.116. The van der Waals surface area contributed by atoms with E-state index in [1.807, 2.05) is 0 Å². The number of amides is 2. The van der Waals surface area contributed by atoms with Gasteiger partial charge in [-0.3, -0.25) is 9.59 Å². The third-order valence-electron chi connectivity index (χ3n) is 2.58. The molecule has 1 aromatic carbocycles. The number of nitrogens with zero attached hydrogens (tertiary/aromatic N) is 2. The van der Waals surface area contributed by atoms with Gasteiger partial charge in [0.25, 0.3) is 5.91 Å². The van der Waals surface area contributed by atoms with E-state index in [2.05, 4.69) is 5.32 Å². The van der Waals surface area contributed by atoms with Crippen LogP contribution in [-0.4, -0.2) is 30.3 Å². The molecule has 0 saturated carbocycles. The van der Waals surface area contributed by atoms with Gasteiger partial charge < -0.3 is 21.7 Å². The Morgan fingerprint density at radius 1 is 1.38 bits per heavy atom. The van der Waals surface area contributed by atoms with Crippen molar-refractivity contribution in [2.75, 3.05) is 24.1 Å². The highest BCUT2D eigenvalue weighted by Crippen LogP contribution is 2.11. The molecule has 0 aliphatic heterocycles. The number of nitrogens with one attached hydrogen (secondary N) is 1. The molecule has 0 aliphatic rings. The van der Waals surface area contributed by atoms with Gasteiger partial charge in [0.15, 0.2) is 0 Å². The molecule has 110 valence electrons. The first kappa shape index (κ1) is 16.2. The summed E-state index contributed by atoms with van der Waals surface area (Å²) in [6.07, 6.45) is 2.33. The van der Waals surface area contributed by atoms with E-state index in [0.29, 0.717) is 37.3 Å². The molecule has 0 aliphatic carbocycles. The summed E-state index contributed by atoms with van der Waals surface area (Å²) in [6, 6.07) is 8.26. The predicted octanol–water partition coefficient (Wildman–Crippen LogP) is 0.422. The SMILES string of the molecule is N#C/C(=C/N(C=O)CCCN)C(=O)Nc1ccc(N)cc1. The molecule has 1 aromatic rings. The number of carbonyl (C=O) groups is 2. The molecular formula is C14H17N5O2. The third kappa shape index (κ3) is 5.34. The smallest absolute Gasteiger partial charge is 0.267 e. The van der Waals surface area contributed by atoms with Gasteiger partial charge in [-0.05, 0) is 37.2 Å². The molecule has 0 heterocycles. The molecule has 21 heavy (non-hydrogen) atoms. The Labute approximate surface area is 122 Å². The lowest BCUT2D eigenvalue weighted by atomic mass is 10.2. The fraction of sp³-hybridized carbons (Fsp3) is 0.214. The highest BCUT2D eigenvalue weighted by Gasteiger charge is 2.11. The standard InChI is InChI=1S/C14H17N5O2/c15-6-1-7-19(10-20)9-11(8-16)14(21)18-13-4-2-12(17)3-5-13/h2-5,9-10H,1,6-7,15,17H2,(H,18,21)/b11-9-. The van der Waals surface area contributed by atoms with Crippen LogP contribution in [0.15, 0.2) is 36.0 Å². The van der Waals surface area contributed by atoms with E-state index in [0.717, 1.165) is 0 Å². The molecule has 2 amide bonds. The van der Waals surface area contributed by atoms with Crippen LogP contribution in [0.3, 0.4) is 0 Å². The number of rotatable bonds is 7. The minimum absolute atomic E-state index is 0.170. The summed E-state index contributed by atoms with van der Waals surface area (Å²) in [5.41, 5.74) is 11.8. The molecule has 0 bridgehead atoms. The number of hydrogen-bond acceptors (Lipinski definition) is 5. The lowest BCUT2D eigenvalue weighted by Crippen LogP contribution is -2.22. The number of carbonyl (C=O) groups excluding carboxylic acids is 2. The van der Waals surface area contributed by atoms with Gasteiger partial charge in [-0.15, -0.1) is 0 Å². The Morgan fingerprint density at radius 2 is 2.05 bits per heavy atom. The second-order valence-electron chi connectivity index (χ2n) is 4.22. The van der Waals surface area contributed by atoms with Crippen LogP contribution in [0.5, 0.6) is 0 Å². The zero-order valence-electron chi connectivity index (χ0n) is 11.5. The van der Waals surface area contributed by atoms with E-state index in [-0.39, 0.29) is 5.57 Å². The van der Waals surface area contributed by atoms with Crippen LogP contribution in [-0.2, 0) is 9.59 Å². The first-order valence-corrected chi connectivity index (χ1v) is 6.30. The van der Waals surface area contributed by atoms with Crippen molar-refractivity contribution in [2.45, 2.75) is 6.42 Å². The number of nitriles is 1. The maximum Gasteiger partial charge on any atom is 0.267 e. The monoisotopic (exact) mass is 287 g/mol. The van der Waals surface area contributed by atoms with E-state index in [4.69, 9.17) is 16.7 Å². The van der Waals surface area contributed by atoms with Gasteiger partial charge in [0.05, 0.1) is 0 Å². The van der Waals surface area contributed by atoms with E-state index >= 15 is 0 Å². The molecule has 0 saturated heterocycles. The van der Waals surface area contributed by atoms with Crippen molar-refractivity contribution in [3.63, 3.8) is 0 Å². The normalized spacial score (nSPS) is 10.6. The quantitative estimate of drug-likeness (QED) is 0.290. The molecule has 0 spiro atoms. The first-order chi connectivity index (χ1) is 10.1. The van der Waals surface area contributed by atoms with E-state index in [9.17, 15) is 9.59 Å². The van der Waals surface area contributed by atoms with E-state index in [1.54, 1.807) is 30.3 Å². The van der Waals surface area contributed by atoms with Gasteiger partial charge in [0.2, 0.25) is 6.41 Å². The summed E-state index contributed by atoms with van der Waals surface area (Å²) in [5.74, 6) is -0.595. The summed E-state index contributed by atoms with van der Waals surface area (Å²) in [5, 5.41) is 11.6. The zero-order valence-corrected chi connectivity index (χ0v) is 11.5. The number of anilines is 2. The Balaban J connectivity index is 2.78. The van der Waals surface area contributed by atoms with Gasteiger partial charge in [-0.1, -0.05) is 0 Å². The molecule has 5 N–H and O–H groups in total. The topological polar surface area (TPSA) is 125 Å². The molecule has 0 fully saturated rings. The molecule has 0 unspecified atom stereocenters. The molecule has 0 atom stereocenters. The van der Waals surface area contributed by atoms with E-state index < -0.39 is 5.91 Å². The first-order valence-electron chi connectivity index (χ1n) is 6.30. The highest BCUT2D eigenvalue weighted by atomic mass is 16.2. The van der Waals surface area contributed by atoms with Crippen molar-refractivity contribution < 1.29 is 9.59 Å². The van der Waals surface area contributed by atoms with Gasteiger partial charge in [0, 0.05) is 24.1 Å². The third-order valence-corrected chi connectivity index (χ3v) is 2.58. The van der Waals surface area contributed by atoms with Gasteiger partial charge in [-0.2, -0.15) is 5.26 Å². The van der Waals surface area contributed by atoms with Crippen LogP contribution in [0.2, 0.25) is 0 Å². The van der Waals surface area contributed by atoms with E-state index in [1.165, 1.54) is 11.1 Å². The van der Waals surface area contributed by atoms with Crippen molar-refractivity contribution in [3.05, 3.63) is 36.0 Å². The molecule has 7 nitrogen and oxygen atoms in total. The predicted molar refractivity (Wildman–Crippen MR) is 79.6 cm³/mol. The van der Waals surface area contributed by atoms with Crippen molar-refractivity contribution in [1.82, 2.24) is 4.90 Å². The average Bonchev–Trinajstić information content (AvgIpc) is 2.50. The summed E-state index contributed by atoms with van der Waals surface area (Å²) in [7, 11) is 0. The number of benzene rings is 1. The van der Waals surface area contributed by atoms with Crippen molar-refractivity contribution in [3.8, 4) is 6.07 Å². The summed E-state index contributed by atoms with van der Waals surface area (Å²) in [4.78, 5) is 24.0. The van der Waals surface area contributed by atoms with Crippen molar-refractivity contribution >= 4 is 23.7 Å². The van der Waals surface area contributed by atoms with Crippen LogP contribution in [0.1, 0.15) is 6.42 Å². The van der Waals surface area contributed by atoms with Gasteiger partial charge in [-0.25, -0.2) is 0 Å². The summed E-state index contributed by atoms with van der Waals surface area (Å²) >= 11 is 0. The molecule has 0 radical (unpaired) electrons. The fourth-order valence-electron chi connectivity index (χ4n) is 1.49. The number of nitrogen functional groups attached to an aromatic ring is 1. The Hall–Kier alpha value is -2.85. The van der Waals surface area contributed by atoms with Crippen LogP contribution in [0.4, 0.5) is 11.4 Å². The maximum absolute atomic E-state index is 12.0. The molecule has 1 rings (SSSR count). The second-order valence-corrected chi connectivity index (χ2v) is 4.22. The summed E-state index contributed by atoms with van der Waals surface area (Å²) < 4.78 is 0. The minimum atomic E-state index is -0.595. The van der Waals surface area contributed by atoms with Crippen molar-refractivity contribution in [1.29, 1.82) is 5.26 Å². The van der Waals surface area contributed by atoms with Gasteiger partial charge in [0.1, 0.15) is 11.6 Å². The summed E-state index contributed by atoms with van der Waals surface area (Å²) in [6.45, 7) is 0.762. The Bertz CT molecular complexity index is 560. The number of nitrogens with two attached hydrogens (primary N) is 2. The maximum atomic E-state index is 12.0. The van der Waals surface area contributed by atoms with Crippen LogP contribution < -0.4 is 16.8 Å².